The van der Waals surface area contributed by atoms with Crippen molar-refractivity contribution >= 4 is 27.1 Å². The van der Waals surface area contributed by atoms with Gasteiger partial charge in [0.25, 0.3) is 0 Å². The summed E-state index contributed by atoms with van der Waals surface area (Å²) >= 11 is 0. The first-order chi connectivity index (χ1) is 13.3. The highest BCUT2D eigenvalue weighted by molar-refractivity contribution is 7.86. The number of nitrogen functional groups attached to an aromatic ring is 1. The van der Waals surface area contributed by atoms with Gasteiger partial charge in [0.1, 0.15) is 11.6 Å². The highest BCUT2D eigenvalue weighted by Crippen LogP contribution is 2.27. The maximum absolute atomic E-state index is 13.0. The Morgan fingerprint density at radius 3 is 2.50 bits per heavy atom. The number of nitrogens with two attached hydrogens (primary N) is 1. The Balaban J connectivity index is 1.43. The Labute approximate surface area is 162 Å². The average molecular weight is 404 g/mol. The van der Waals surface area contributed by atoms with Crippen molar-refractivity contribution in [3.8, 4) is 0 Å². The average Bonchev–Trinajstić information content (AvgIpc) is 3.06. The van der Waals surface area contributed by atoms with E-state index in [0.29, 0.717) is 18.2 Å². The molecule has 3 aromatic rings. The third kappa shape index (κ3) is 3.69. The summed E-state index contributed by atoms with van der Waals surface area (Å²) in [6.45, 7) is 4.24. The molecule has 1 aliphatic heterocycles. The maximum atomic E-state index is 13.0. The fourth-order valence-electron chi connectivity index (χ4n) is 3.67. The number of hydrogen-bond acceptors (Lipinski definition) is 7. The number of aryl methyl sites for hydroxylation is 1. The minimum atomic E-state index is -4.65. The molecule has 0 aliphatic carbocycles. The maximum Gasteiger partial charge on any atom is 0.332 e. The first kappa shape index (κ1) is 18.8. The molecule has 148 valence electrons. The summed E-state index contributed by atoms with van der Waals surface area (Å²) in [5.74, 6) is 1.08. The van der Waals surface area contributed by atoms with Crippen LogP contribution in [0.15, 0.2) is 35.4 Å². The van der Waals surface area contributed by atoms with Crippen LogP contribution >= 0.6 is 0 Å². The number of anilines is 1. The Morgan fingerprint density at radius 1 is 1.18 bits per heavy atom. The Kier molecular flexibility index (Phi) is 4.76. The number of aromatic nitrogens is 4. The molecule has 28 heavy (non-hydrogen) atoms. The third-order valence-electron chi connectivity index (χ3n) is 5.11. The molecule has 2 aromatic heterocycles. The molecule has 10 heteroatoms. The zero-order chi connectivity index (χ0) is 19.9. The SMILES string of the molecule is Cc1nc(N)c2cnn(C3CCN(Cc4ccc(S(=O)(=O)F)cc4)CC3)c2n1. The Hall–Kier alpha value is -2.59. The third-order valence-corrected chi connectivity index (χ3v) is 5.94. The first-order valence-electron chi connectivity index (χ1n) is 9.04. The minimum Gasteiger partial charge on any atom is -0.383 e. The van der Waals surface area contributed by atoms with Gasteiger partial charge in [-0.25, -0.2) is 14.6 Å². The van der Waals surface area contributed by atoms with Crippen LogP contribution in [0.1, 0.15) is 30.3 Å². The van der Waals surface area contributed by atoms with Crippen molar-refractivity contribution in [2.45, 2.75) is 37.2 Å². The van der Waals surface area contributed by atoms with E-state index in [2.05, 4.69) is 20.0 Å². The van der Waals surface area contributed by atoms with Crippen LogP contribution in [-0.4, -0.2) is 46.2 Å². The van der Waals surface area contributed by atoms with Gasteiger partial charge in [-0.1, -0.05) is 12.1 Å². The molecule has 2 N–H and O–H groups in total. The molecule has 0 atom stereocenters. The van der Waals surface area contributed by atoms with E-state index in [1.807, 2.05) is 11.6 Å². The summed E-state index contributed by atoms with van der Waals surface area (Å²) in [5.41, 5.74) is 7.69. The second-order valence-electron chi connectivity index (χ2n) is 7.07. The molecule has 0 radical (unpaired) electrons. The number of rotatable bonds is 4. The smallest absolute Gasteiger partial charge is 0.332 e. The van der Waals surface area contributed by atoms with Crippen molar-refractivity contribution in [3.05, 3.63) is 41.9 Å². The van der Waals surface area contributed by atoms with Gasteiger partial charge < -0.3 is 5.73 Å². The minimum absolute atomic E-state index is 0.238. The van der Waals surface area contributed by atoms with Gasteiger partial charge in [-0.15, -0.1) is 3.89 Å². The second-order valence-corrected chi connectivity index (χ2v) is 8.42. The summed E-state index contributed by atoms with van der Waals surface area (Å²) in [4.78, 5) is 10.7. The van der Waals surface area contributed by atoms with Gasteiger partial charge in [-0.05, 0) is 37.5 Å². The fourth-order valence-corrected chi connectivity index (χ4v) is 4.13. The predicted octanol–water partition coefficient (Wildman–Crippen LogP) is 2.21. The fraction of sp³-hybridized carbons (Fsp3) is 0.389. The Bertz CT molecular complexity index is 1110. The number of fused-ring (bicyclic) bond motifs is 1. The molecular formula is C18H21FN6O2S. The lowest BCUT2D eigenvalue weighted by atomic mass is 10.0. The first-order valence-corrected chi connectivity index (χ1v) is 10.4. The lowest BCUT2D eigenvalue weighted by molar-refractivity contribution is 0.175. The zero-order valence-corrected chi connectivity index (χ0v) is 16.2. The van der Waals surface area contributed by atoms with Crippen LogP contribution < -0.4 is 5.73 Å². The van der Waals surface area contributed by atoms with Crippen molar-refractivity contribution in [1.29, 1.82) is 0 Å². The van der Waals surface area contributed by atoms with Crippen LogP contribution in [0, 0.1) is 6.92 Å². The quantitative estimate of drug-likeness (QED) is 0.664. The second kappa shape index (κ2) is 7.10. The number of piperidine rings is 1. The van der Waals surface area contributed by atoms with E-state index in [4.69, 9.17) is 5.73 Å². The molecule has 3 heterocycles. The van der Waals surface area contributed by atoms with Crippen LogP contribution in [0.4, 0.5) is 9.70 Å². The van der Waals surface area contributed by atoms with E-state index in [1.165, 1.54) is 12.1 Å². The highest BCUT2D eigenvalue weighted by atomic mass is 32.3. The van der Waals surface area contributed by atoms with Crippen LogP contribution in [0.2, 0.25) is 0 Å². The number of benzene rings is 1. The van der Waals surface area contributed by atoms with Crippen LogP contribution in [0.25, 0.3) is 11.0 Å². The topological polar surface area (TPSA) is 107 Å². The predicted molar refractivity (Wildman–Crippen MR) is 103 cm³/mol. The molecule has 0 saturated carbocycles. The van der Waals surface area contributed by atoms with Crippen molar-refractivity contribution in [1.82, 2.24) is 24.6 Å². The van der Waals surface area contributed by atoms with Crippen LogP contribution in [0.5, 0.6) is 0 Å². The number of nitrogens with zero attached hydrogens (tertiary/aromatic N) is 5. The summed E-state index contributed by atoms with van der Waals surface area (Å²) in [5, 5.41) is 5.26. The van der Waals surface area contributed by atoms with Gasteiger partial charge in [0.2, 0.25) is 0 Å². The van der Waals surface area contributed by atoms with Gasteiger partial charge in [0.15, 0.2) is 5.65 Å². The summed E-state index contributed by atoms with van der Waals surface area (Å²) in [6, 6.07) is 6.16. The van der Waals surface area contributed by atoms with Crippen LogP contribution in [-0.2, 0) is 16.8 Å². The molecule has 1 saturated heterocycles. The van der Waals surface area contributed by atoms with E-state index >= 15 is 0 Å². The molecule has 0 spiro atoms. The molecule has 1 aromatic carbocycles. The Morgan fingerprint density at radius 2 is 1.86 bits per heavy atom. The molecule has 0 unspecified atom stereocenters. The normalized spacial score (nSPS) is 16.6. The molecule has 4 rings (SSSR count). The molecule has 0 bridgehead atoms. The summed E-state index contributed by atoms with van der Waals surface area (Å²) < 4.78 is 36.8. The van der Waals surface area contributed by atoms with Crippen molar-refractivity contribution in [2.75, 3.05) is 18.8 Å². The number of hydrogen-bond donors (Lipinski definition) is 1. The molecule has 1 fully saturated rings. The van der Waals surface area contributed by atoms with E-state index in [1.54, 1.807) is 18.3 Å². The van der Waals surface area contributed by atoms with E-state index in [0.717, 1.165) is 42.5 Å². The molecule has 1 aliphatic rings. The van der Waals surface area contributed by atoms with E-state index in [-0.39, 0.29) is 10.9 Å². The van der Waals surface area contributed by atoms with Crippen LogP contribution in [0.3, 0.4) is 0 Å². The monoisotopic (exact) mass is 404 g/mol. The number of halogens is 1. The molecular weight excluding hydrogens is 383 g/mol. The van der Waals surface area contributed by atoms with Gasteiger partial charge in [-0.3, -0.25) is 4.90 Å². The largest absolute Gasteiger partial charge is 0.383 e. The summed E-state index contributed by atoms with van der Waals surface area (Å²) in [7, 11) is -4.65. The standard InChI is InChI=1S/C18H21FN6O2S/c1-12-22-17(20)16-10-21-25(18(16)23-12)14-6-8-24(9-7-14)11-13-2-4-15(5-3-13)28(19,26)27/h2-5,10,14H,6-9,11H2,1H3,(H2,20,22,23). The van der Waals surface area contributed by atoms with Crippen molar-refractivity contribution < 1.29 is 12.3 Å². The molecule has 0 amide bonds. The highest BCUT2D eigenvalue weighted by Gasteiger charge is 2.24. The lowest BCUT2D eigenvalue weighted by Gasteiger charge is -2.32. The van der Waals surface area contributed by atoms with Crippen molar-refractivity contribution in [3.63, 3.8) is 0 Å². The zero-order valence-electron chi connectivity index (χ0n) is 15.4. The van der Waals surface area contributed by atoms with Gasteiger partial charge in [0.05, 0.1) is 22.5 Å². The van der Waals surface area contributed by atoms with Gasteiger partial charge >= 0.3 is 10.2 Å². The molecule has 8 nitrogen and oxygen atoms in total. The number of likely N-dealkylation sites (tertiary alicyclic amines) is 1. The van der Waals surface area contributed by atoms with Gasteiger partial charge in [0, 0.05) is 19.6 Å². The van der Waals surface area contributed by atoms with E-state index < -0.39 is 10.2 Å². The van der Waals surface area contributed by atoms with Gasteiger partial charge in [-0.2, -0.15) is 13.5 Å². The van der Waals surface area contributed by atoms with E-state index in [9.17, 15) is 12.3 Å². The lowest BCUT2D eigenvalue weighted by Crippen LogP contribution is -2.34. The summed E-state index contributed by atoms with van der Waals surface area (Å²) in [6.07, 6.45) is 3.55. The van der Waals surface area contributed by atoms with Crippen molar-refractivity contribution in [2.24, 2.45) is 0 Å².